The first-order chi connectivity index (χ1) is 14.7. The number of carbonyl (C=O) groups is 1. The van der Waals surface area contributed by atoms with Gasteiger partial charge in [0.1, 0.15) is 6.04 Å². The number of nitrogens with zero attached hydrogens (tertiary/aromatic N) is 2. The normalized spacial score (nSPS) is 20.8. The molecule has 1 aliphatic carbocycles. The molecule has 1 unspecified atom stereocenters. The van der Waals surface area contributed by atoms with Crippen molar-refractivity contribution in [3.63, 3.8) is 0 Å². The molecule has 0 spiro atoms. The molecule has 0 saturated carbocycles. The predicted molar refractivity (Wildman–Crippen MR) is 118 cm³/mol. The average Bonchev–Trinajstić information content (AvgIpc) is 3.42. The zero-order chi connectivity index (χ0) is 20.5. The number of amides is 1. The van der Waals surface area contributed by atoms with E-state index in [-0.39, 0.29) is 18.0 Å². The van der Waals surface area contributed by atoms with Gasteiger partial charge in [0.05, 0.1) is 18.1 Å². The van der Waals surface area contributed by atoms with Crippen LogP contribution in [0.15, 0.2) is 48.5 Å². The van der Waals surface area contributed by atoms with Crippen LogP contribution in [-0.2, 0) is 17.6 Å². The summed E-state index contributed by atoms with van der Waals surface area (Å²) in [6.45, 7) is 1.02. The molecule has 0 radical (unpaired) electrons. The number of aromatic nitrogens is 1. The van der Waals surface area contributed by atoms with Gasteiger partial charge >= 0.3 is 0 Å². The molecule has 0 bridgehead atoms. The number of H-pyrrole nitrogens is 1. The first-order valence-corrected chi connectivity index (χ1v) is 10.8. The van der Waals surface area contributed by atoms with Crippen molar-refractivity contribution in [3.05, 3.63) is 59.8 Å². The minimum atomic E-state index is -0.248. The molecule has 152 valence electrons. The second-order valence-electron chi connectivity index (χ2n) is 8.37. The second-order valence-corrected chi connectivity index (χ2v) is 8.37. The highest BCUT2D eigenvalue weighted by atomic mass is 16.2. The number of aryl methyl sites for hydroxylation is 1. The number of benzene rings is 2. The van der Waals surface area contributed by atoms with E-state index in [4.69, 9.17) is 0 Å². The molecule has 2 N–H and O–H groups in total. The van der Waals surface area contributed by atoms with Gasteiger partial charge in [-0.3, -0.25) is 4.79 Å². The number of aromatic amines is 1. The molecule has 2 aliphatic rings. The smallest absolute Gasteiger partial charge is 0.237 e. The summed E-state index contributed by atoms with van der Waals surface area (Å²) >= 11 is 0. The molecule has 5 heteroatoms. The van der Waals surface area contributed by atoms with Crippen molar-refractivity contribution in [3.8, 4) is 17.2 Å². The minimum absolute atomic E-state index is 0.0511. The van der Waals surface area contributed by atoms with E-state index in [9.17, 15) is 10.1 Å². The lowest BCUT2D eigenvalue weighted by Gasteiger charge is -2.25. The van der Waals surface area contributed by atoms with Crippen LogP contribution in [0, 0.1) is 11.3 Å². The summed E-state index contributed by atoms with van der Waals surface area (Å²) in [5.41, 5.74) is 6.36. The van der Waals surface area contributed by atoms with Crippen LogP contribution < -0.4 is 5.32 Å². The van der Waals surface area contributed by atoms with Crippen molar-refractivity contribution in [1.82, 2.24) is 15.2 Å². The Hall–Kier alpha value is -3.10. The van der Waals surface area contributed by atoms with Gasteiger partial charge in [0.2, 0.25) is 5.91 Å². The van der Waals surface area contributed by atoms with Gasteiger partial charge in [0, 0.05) is 29.2 Å². The molecule has 3 aromatic rings. The number of para-hydroxylation sites is 1. The largest absolute Gasteiger partial charge is 0.358 e. The van der Waals surface area contributed by atoms with Crippen molar-refractivity contribution in [2.45, 2.75) is 44.2 Å². The van der Waals surface area contributed by atoms with E-state index >= 15 is 0 Å². The van der Waals surface area contributed by atoms with Crippen LogP contribution in [0.4, 0.5) is 0 Å². The van der Waals surface area contributed by atoms with E-state index in [2.05, 4.69) is 58.8 Å². The van der Waals surface area contributed by atoms with Crippen molar-refractivity contribution in [1.29, 1.82) is 5.26 Å². The number of nitrogens with one attached hydrogen (secondary N) is 2. The lowest BCUT2D eigenvalue weighted by molar-refractivity contribution is -0.130. The third-order valence-electron chi connectivity index (χ3n) is 6.57. The summed E-state index contributed by atoms with van der Waals surface area (Å²) in [4.78, 5) is 18.0. The van der Waals surface area contributed by atoms with Gasteiger partial charge in [-0.25, -0.2) is 0 Å². The first-order valence-electron chi connectivity index (χ1n) is 10.8. The maximum absolute atomic E-state index is 12.6. The highest BCUT2D eigenvalue weighted by molar-refractivity contribution is 5.97. The van der Waals surface area contributed by atoms with E-state index in [1.54, 1.807) is 4.90 Å². The molecule has 1 fully saturated rings. The quantitative estimate of drug-likeness (QED) is 0.702. The van der Waals surface area contributed by atoms with Crippen molar-refractivity contribution < 1.29 is 4.79 Å². The lowest BCUT2D eigenvalue weighted by Crippen LogP contribution is -2.44. The Labute approximate surface area is 176 Å². The maximum Gasteiger partial charge on any atom is 0.237 e. The van der Waals surface area contributed by atoms with Gasteiger partial charge in [-0.1, -0.05) is 48.5 Å². The van der Waals surface area contributed by atoms with Gasteiger partial charge in [-0.2, -0.15) is 5.26 Å². The molecule has 5 rings (SSSR count). The van der Waals surface area contributed by atoms with E-state index in [0.717, 1.165) is 32.1 Å². The SMILES string of the molecule is N#C[C@@H]1CCCN1C(=O)CNC1CCc2[nH]c3c(-c4ccccc4)cccc3c2C1. The van der Waals surface area contributed by atoms with Crippen LogP contribution in [0.3, 0.4) is 0 Å². The zero-order valence-corrected chi connectivity index (χ0v) is 17.0. The summed E-state index contributed by atoms with van der Waals surface area (Å²) in [6, 6.07) is 19.3. The fraction of sp³-hybridized carbons (Fsp3) is 0.360. The van der Waals surface area contributed by atoms with Crippen LogP contribution in [0.25, 0.3) is 22.0 Å². The van der Waals surface area contributed by atoms with Crippen LogP contribution in [0.1, 0.15) is 30.5 Å². The highest BCUT2D eigenvalue weighted by Crippen LogP contribution is 2.34. The number of carbonyl (C=O) groups excluding carboxylic acids is 1. The fourth-order valence-corrected chi connectivity index (χ4v) is 5.01. The van der Waals surface area contributed by atoms with Crippen molar-refractivity contribution in [2.75, 3.05) is 13.1 Å². The molecule has 2 heterocycles. The predicted octanol–water partition coefficient (Wildman–Crippen LogP) is 3.80. The zero-order valence-electron chi connectivity index (χ0n) is 17.0. The number of hydrogen-bond donors (Lipinski definition) is 2. The number of hydrogen-bond acceptors (Lipinski definition) is 3. The summed E-state index contributed by atoms with van der Waals surface area (Å²) in [6.07, 6.45) is 4.64. The Morgan fingerprint density at radius 3 is 2.87 bits per heavy atom. The first kappa shape index (κ1) is 18.9. The summed E-state index contributed by atoms with van der Waals surface area (Å²) in [5.74, 6) is 0.0511. The minimum Gasteiger partial charge on any atom is -0.358 e. The topological polar surface area (TPSA) is 71.9 Å². The molecule has 1 amide bonds. The Kier molecular flexibility index (Phi) is 5.02. The number of nitriles is 1. The number of rotatable bonds is 4. The molecular formula is C25H26N4O. The van der Waals surface area contributed by atoms with Gasteiger partial charge in [0.25, 0.3) is 0 Å². The molecular weight excluding hydrogens is 372 g/mol. The van der Waals surface area contributed by atoms with Gasteiger partial charge < -0.3 is 15.2 Å². The van der Waals surface area contributed by atoms with Gasteiger partial charge in [-0.15, -0.1) is 0 Å². The Balaban J connectivity index is 1.33. The average molecular weight is 399 g/mol. The summed E-state index contributed by atoms with van der Waals surface area (Å²) in [7, 11) is 0. The third-order valence-corrected chi connectivity index (χ3v) is 6.57. The summed E-state index contributed by atoms with van der Waals surface area (Å²) < 4.78 is 0. The molecule has 1 aliphatic heterocycles. The van der Waals surface area contributed by atoms with E-state index in [1.165, 1.54) is 33.3 Å². The molecule has 1 aromatic heterocycles. The van der Waals surface area contributed by atoms with E-state index < -0.39 is 0 Å². The molecule has 5 nitrogen and oxygen atoms in total. The van der Waals surface area contributed by atoms with Gasteiger partial charge in [0.15, 0.2) is 0 Å². The Bertz CT molecular complexity index is 1110. The van der Waals surface area contributed by atoms with E-state index in [1.807, 2.05) is 6.07 Å². The molecule has 2 aromatic carbocycles. The van der Waals surface area contributed by atoms with Gasteiger partial charge in [-0.05, 0) is 43.2 Å². The molecule has 30 heavy (non-hydrogen) atoms. The van der Waals surface area contributed by atoms with Crippen LogP contribution in [-0.4, -0.2) is 41.0 Å². The molecule has 2 atom stereocenters. The lowest BCUT2D eigenvalue weighted by atomic mass is 9.91. The van der Waals surface area contributed by atoms with E-state index in [0.29, 0.717) is 13.1 Å². The van der Waals surface area contributed by atoms with Crippen LogP contribution in [0.2, 0.25) is 0 Å². The monoisotopic (exact) mass is 398 g/mol. The third kappa shape index (κ3) is 3.38. The molecule has 1 saturated heterocycles. The Morgan fingerprint density at radius 1 is 1.17 bits per heavy atom. The second kappa shape index (κ2) is 7.97. The standard InChI is InChI=1S/C25H26N4O/c26-15-19-8-5-13-29(19)24(30)16-27-18-11-12-23-22(14-18)21-10-4-9-20(25(21)28-23)17-6-2-1-3-7-17/h1-4,6-7,9-10,18-19,27-28H,5,8,11-14,16H2/t18?,19-/m0/s1. The Morgan fingerprint density at radius 2 is 2.03 bits per heavy atom. The van der Waals surface area contributed by atoms with Crippen LogP contribution >= 0.6 is 0 Å². The highest BCUT2D eigenvalue weighted by Gasteiger charge is 2.29. The summed E-state index contributed by atoms with van der Waals surface area (Å²) in [5, 5.41) is 14.0. The number of likely N-dealkylation sites (tertiary alicyclic amines) is 1. The maximum atomic E-state index is 12.6. The fourth-order valence-electron chi connectivity index (χ4n) is 5.01. The number of fused-ring (bicyclic) bond motifs is 3. The van der Waals surface area contributed by atoms with Crippen LogP contribution in [0.5, 0.6) is 0 Å². The van der Waals surface area contributed by atoms with Crippen molar-refractivity contribution in [2.24, 2.45) is 0 Å². The van der Waals surface area contributed by atoms with Crippen molar-refractivity contribution >= 4 is 16.8 Å².